The second kappa shape index (κ2) is 6.95. The highest BCUT2D eigenvalue weighted by Gasteiger charge is 2.11. The van der Waals surface area contributed by atoms with Crippen LogP contribution in [0.15, 0.2) is 57.9 Å². The quantitative estimate of drug-likeness (QED) is 0.760. The number of carbonyl (C=O) groups is 1. The Kier molecular flexibility index (Phi) is 5.26. The largest absolute Gasteiger partial charge is 0.337 e. The van der Waals surface area contributed by atoms with Crippen molar-refractivity contribution in [2.45, 2.75) is 11.4 Å². The van der Waals surface area contributed by atoms with E-state index < -0.39 is 0 Å². The van der Waals surface area contributed by atoms with E-state index in [0.717, 1.165) is 20.5 Å². The lowest BCUT2D eigenvalue weighted by molar-refractivity contribution is 0.0785. The Labute approximate surface area is 132 Å². The van der Waals surface area contributed by atoms with E-state index in [9.17, 15) is 4.79 Å². The van der Waals surface area contributed by atoms with Gasteiger partial charge in [-0.2, -0.15) is 0 Å². The van der Waals surface area contributed by atoms with Gasteiger partial charge in [0.1, 0.15) is 0 Å². The third-order valence-corrected chi connectivity index (χ3v) is 4.29. The minimum absolute atomic E-state index is 0.0422. The highest BCUT2D eigenvalue weighted by atomic mass is 79.9. The van der Waals surface area contributed by atoms with Crippen LogP contribution < -0.4 is 0 Å². The second-order valence-corrected chi connectivity index (χ2v) is 6.31. The van der Waals surface area contributed by atoms with Crippen LogP contribution in [0.4, 0.5) is 0 Å². The molecule has 2 aromatic rings. The molecule has 0 bridgehead atoms. The molecular weight excluding hydrogens is 334 g/mol. The summed E-state index contributed by atoms with van der Waals surface area (Å²) in [5, 5.41) is 0. The van der Waals surface area contributed by atoms with Crippen molar-refractivity contribution in [3.05, 3.63) is 64.1 Å². The summed E-state index contributed by atoms with van der Waals surface area (Å²) in [6.45, 7) is 0.608. The number of hydrogen-bond acceptors (Lipinski definition) is 2. The summed E-state index contributed by atoms with van der Waals surface area (Å²) in [6.07, 6.45) is 2.02. The average Bonchev–Trinajstić information content (AvgIpc) is 2.49. The Bertz CT molecular complexity index is 580. The normalized spacial score (nSPS) is 10.3. The van der Waals surface area contributed by atoms with E-state index in [2.05, 4.69) is 15.9 Å². The van der Waals surface area contributed by atoms with Gasteiger partial charge in [-0.05, 0) is 48.2 Å². The van der Waals surface area contributed by atoms with Crippen molar-refractivity contribution >= 4 is 33.6 Å². The summed E-state index contributed by atoms with van der Waals surface area (Å²) in [6, 6.07) is 15.7. The van der Waals surface area contributed by atoms with Crippen molar-refractivity contribution in [2.24, 2.45) is 0 Å². The fourth-order valence-electron chi connectivity index (χ4n) is 1.89. The van der Waals surface area contributed by atoms with Gasteiger partial charge in [-0.25, -0.2) is 0 Å². The Hall–Kier alpha value is -1.26. The molecule has 0 fully saturated rings. The van der Waals surface area contributed by atoms with Crippen LogP contribution in [0.1, 0.15) is 15.9 Å². The number of hydrogen-bond donors (Lipinski definition) is 0. The van der Waals surface area contributed by atoms with Crippen molar-refractivity contribution in [3.63, 3.8) is 0 Å². The average molecular weight is 350 g/mol. The maximum atomic E-state index is 12.3. The first kappa shape index (κ1) is 15.1. The van der Waals surface area contributed by atoms with Gasteiger partial charge in [-0.3, -0.25) is 4.79 Å². The molecule has 0 saturated carbocycles. The second-order valence-electron chi connectivity index (χ2n) is 4.52. The smallest absolute Gasteiger partial charge is 0.253 e. The number of nitrogens with zero attached hydrogens (tertiary/aromatic N) is 1. The molecule has 20 heavy (non-hydrogen) atoms. The highest BCUT2D eigenvalue weighted by molar-refractivity contribution is 9.10. The van der Waals surface area contributed by atoms with Crippen molar-refractivity contribution in [1.29, 1.82) is 0 Å². The van der Waals surface area contributed by atoms with E-state index in [0.29, 0.717) is 6.54 Å². The first-order chi connectivity index (χ1) is 9.60. The van der Waals surface area contributed by atoms with Gasteiger partial charge < -0.3 is 4.90 Å². The monoisotopic (exact) mass is 349 g/mol. The Morgan fingerprint density at radius 1 is 1.10 bits per heavy atom. The highest BCUT2D eigenvalue weighted by Crippen LogP contribution is 2.17. The van der Waals surface area contributed by atoms with Crippen molar-refractivity contribution in [3.8, 4) is 0 Å². The van der Waals surface area contributed by atoms with Gasteiger partial charge >= 0.3 is 0 Å². The summed E-state index contributed by atoms with van der Waals surface area (Å²) in [5.74, 6) is 0.0422. The fraction of sp³-hybridized carbons (Fsp3) is 0.188. The number of halogens is 1. The van der Waals surface area contributed by atoms with Gasteiger partial charge in [-0.1, -0.05) is 28.1 Å². The summed E-state index contributed by atoms with van der Waals surface area (Å²) in [7, 11) is 1.83. The molecular formula is C16H16BrNOS. The topological polar surface area (TPSA) is 20.3 Å². The Morgan fingerprint density at radius 3 is 2.25 bits per heavy atom. The summed E-state index contributed by atoms with van der Waals surface area (Å²) < 4.78 is 1.04. The Morgan fingerprint density at radius 2 is 1.70 bits per heavy atom. The van der Waals surface area contributed by atoms with E-state index in [1.165, 1.54) is 0 Å². The van der Waals surface area contributed by atoms with Crippen LogP contribution in [0.5, 0.6) is 0 Å². The zero-order valence-electron chi connectivity index (χ0n) is 11.5. The molecule has 4 heteroatoms. The SMILES string of the molecule is CSc1ccc(C(=O)N(C)Cc2ccc(Br)cc2)cc1. The van der Waals surface area contributed by atoms with E-state index in [4.69, 9.17) is 0 Å². The number of rotatable bonds is 4. The molecule has 0 heterocycles. The van der Waals surface area contributed by atoms with E-state index >= 15 is 0 Å². The number of benzene rings is 2. The van der Waals surface area contributed by atoms with Gasteiger partial charge in [0.05, 0.1) is 0 Å². The molecule has 1 amide bonds. The molecule has 2 aromatic carbocycles. The molecule has 104 valence electrons. The lowest BCUT2D eigenvalue weighted by Crippen LogP contribution is -2.26. The molecule has 0 aromatic heterocycles. The molecule has 0 N–H and O–H groups in total. The fourth-order valence-corrected chi connectivity index (χ4v) is 2.56. The van der Waals surface area contributed by atoms with E-state index in [1.807, 2.05) is 61.8 Å². The summed E-state index contributed by atoms with van der Waals surface area (Å²) in [4.78, 5) is 15.2. The zero-order valence-corrected chi connectivity index (χ0v) is 13.9. The lowest BCUT2D eigenvalue weighted by atomic mass is 10.1. The number of amides is 1. The first-order valence-corrected chi connectivity index (χ1v) is 8.26. The van der Waals surface area contributed by atoms with Crippen molar-refractivity contribution in [2.75, 3.05) is 13.3 Å². The summed E-state index contributed by atoms with van der Waals surface area (Å²) in [5.41, 5.74) is 1.84. The van der Waals surface area contributed by atoms with Crippen LogP contribution in [-0.2, 0) is 6.54 Å². The van der Waals surface area contributed by atoms with E-state index in [1.54, 1.807) is 16.7 Å². The molecule has 0 radical (unpaired) electrons. The van der Waals surface area contributed by atoms with Crippen LogP contribution in [0.3, 0.4) is 0 Å². The van der Waals surface area contributed by atoms with Gasteiger partial charge in [-0.15, -0.1) is 11.8 Å². The van der Waals surface area contributed by atoms with Gasteiger partial charge in [0, 0.05) is 28.5 Å². The molecule has 0 aliphatic rings. The summed E-state index contributed by atoms with van der Waals surface area (Å²) >= 11 is 5.08. The van der Waals surface area contributed by atoms with Crippen LogP contribution in [0.25, 0.3) is 0 Å². The minimum atomic E-state index is 0.0422. The van der Waals surface area contributed by atoms with Crippen LogP contribution in [0.2, 0.25) is 0 Å². The molecule has 0 atom stereocenters. The molecule has 0 aliphatic carbocycles. The van der Waals surface area contributed by atoms with Gasteiger partial charge in [0.2, 0.25) is 0 Å². The van der Waals surface area contributed by atoms with Crippen molar-refractivity contribution in [1.82, 2.24) is 4.90 Å². The molecule has 0 saturated heterocycles. The van der Waals surface area contributed by atoms with Gasteiger partial charge in [0.15, 0.2) is 0 Å². The van der Waals surface area contributed by atoms with Crippen LogP contribution >= 0.6 is 27.7 Å². The standard InChI is InChI=1S/C16H16BrNOS/c1-18(11-12-3-7-14(17)8-4-12)16(19)13-5-9-15(20-2)10-6-13/h3-10H,11H2,1-2H3. The van der Waals surface area contributed by atoms with E-state index in [-0.39, 0.29) is 5.91 Å². The predicted octanol–water partition coefficient (Wildman–Crippen LogP) is 4.44. The minimum Gasteiger partial charge on any atom is -0.337 e. The number of thioether (sulfide) groups is 1. The predicted molar refractivity (Wildman–Crippen MR) is 88.2 cm³/mol. The maximum absolute atomic E-state index is 12.3. The molecule has 2 rings (SSSR count). The molecule has 0 unspecified atom stereocenters. The maximum Gasteiger partial charge on any atom is 0.253 e. The molecule has 2 nitrogen and oxygen atoms in total. The first-order valence-electron chi connectivity index (χ1n) is 6.24. The van der Waals surface area contributed by atoms with Crippen LogP contribution in [-0.4, -0.2) is 24.1 Å². The third kappa shape index (κ3) is 3.87. The number of carbonyl (C=O) groups excluding carboxylic acids is 1. The molecule has 0 aliphatic heterocycles. The Balaban J connectivity index is 2.05. The van der Waals surface area contributed by atoms with Gasteiger partial charge in [0.25, 0.3) is 5.91 Å². The zero-order chi connectivity index (χ0) is 14.5. The van der Waals surface area contributed by atoms with Crippen LogP contribution in [0, 0.1) is 0 Å². The van der Waals surface area contributed by atoms with Crippen molar-refractivity contribution < 1.29 is 4.79 Å². The third-order valence-electron chi connectivity index (χ3n) is 3.02. The molecule has 0 spiro atoms. The lowest BCUT2D eigenvalue weighted by Gasteiger charge is -2.17.